The average molecular weight is 603 g/mol. The first-order chi connectivity index (χ1) is 21.0. The molecule has 7 aliphatic rings. The van der Waals surface area contributed by atoms with Crippen LogP contribution in [0.25, 0.3) is 0 Å². The van der Waals surface area contributed by atoms with Crippen molar-refractivity contribution in [1.82, 2.24) is 0 Å². The zero-order valence-corrected chi connectivity index (χ0v) is 27.3. The van der Waals surface area contributed by atoms with Crippen molar-refractivity contribution < 1.29 is 24.8 Å². The monoisotopic (exact) mass is 602 g/mol. The zero-order valence-electron chi connectivity index (χ0n) is 27.3. The fourth-order valence-corrected chi connectivity index (χ4v) is 13.5. The maximum atomic E-state index is 12.4. The summed E-state index contributed by atoms with van der Waals surface area (Å²) >= 11 is 0. The third-order valence-electron chi connectivity index (χ3n) is 15.5. The van der Waals surface area contributed by atoms with Gasteiger partial charge in [0.05, 0.1) is 31.5 Å². The van der Waals surface area contributed by atoms with Crippen molar-refractivity contribution in [2.24, 2.45) is 50.7 Å². The Balaban J connectivity index is 1.05. The molecule has 5 heteroatoms. The van der Waals surface area contributed by atoms with Gasteiger partial charge in [0, 0.05) is 16.7 Å². The quantitative estimate of drug-likeness (QED) is 0.331. The summed E-state index contributed by atoms with van der Waals surface area (Å²) in [6.07, 6.45) is 14.4. The van der Waals surface area contributed by atoms with Crippen LogP contribution in [0.1, 0.15) is 91.0 Å². The van der Waals surface area contributed by atoms with Crippen LogP contribution in [-0.4, -0.2) is 53.1 Å². The van der Waals surface area contributed by atoms with Crippen molar-refractivity contribution >= 4 is 0 Å². The highest BCUT2D eigenvalue weighted by molar-refractivity contribution is 5.36. The van der Waals surface area contributed by atoms with Gasteiger partial charge < -0.3 is 24.8 Å². The highest BCUT2D eigenvalue weighted by Gasteiger charge is 2.85. The van der Waals surface area contributed by atoms with Gasteiger partial charge in [0.2, 0.25) is 0 Å². The molecule has 13 atom stereocenters. The third-order valence-corrected chi connectivity index (χ3v) is 15.5. The molecule has 3 N–H and O–H groups in total. The van der Waals surface area contributed by atoms with Crippen molar-refractivity contribution in [1.29, 1.82) is 0 Å². The minimum Gasteiger partial charge on any atom is -0.393 e. The third kappa shape index (κ3) is 3.83. The minimum absolute atomic E-state index is 0.0169. The Hall–Kier alpha value is -1.50. The predicted molar refractivity (Wildman–Crippen MR) is 170 cm³/mol. The van der Waals surface area contributed by atoms with Crippen LogP contribution in [0, 0.1) is 50.7 Å². The molecule has 2 saturated heterocycles. The molecule has 1 aromatic rings. The SMILES string of the molecule is C/C(=C\[C@H]1C[C@@H]([C@@H]2CC[C@]34C[C@]23CC[C@@H]2[C@@]3(C)CC=C5C[C@@H](Cc6ccccc6)OC[C@]5(C)[C@@H]3C[C@@H](O)[C@]24C)C(O)O1)CO. The lowest BCUT2D eigenvalue weighted by molar-refractivity contribution is -0.225. The van der Waals surface area contributed by atoms with Gasteiger partial charge in [-0.15, -0.1) is 0 Å². The lowest BCUT2D eigenvalue weighted by Gasteiger charge is -2.68. The molecule has 5 nitrogen and oxygen atoms in total. The highest BCUT2D eigenvalue weighted by atomic mass is 16.6. The smallest absolute Gasteiger partial charge is 0.158 e. The zero-order chi connectivity index (χ0) is 30.7. The Morgan fingerprint density at radius 2 is 1.82 bits per heavy atom. The number of benzene rings is 1. The second kappa shape index (κ2) is 10.0. The molecule has 0 amide bonds. The molecule has 6 fully saturated rings. The molecule has 0 bridgehead atoms. The van der Waals surface area contributed by atoms with Crippen molar-refractivity contribution in [3.8, 4) is 0 Å². The number of aliphatic hydroxyl groups is 3. The van der Waals surface area contributed by atoms with Crippen molar-refractivity contribution in [3.05, 3.63) is 59.2 Å². The molecular formula is C39H54O5. The summed E-state index contributed by atoms with van der Waals surface area (Å²) in [6.45, 7) is 10.2. The predicted octanol–water partition coefficient (Wildman–Crippen LogP) is 6.61. The van der Waals surface area contributed by atoms with E-state index in [1.165, 1.54) is 31.2 Å². The molecule has 4 saturated carbocycles. The lowest BCUT2D eigenvalue weighted by Crippen LogP contribution is -2.65. The van der Waals surface area contributed by atoms with Gasteiger partial charge in [-0.2, -0.15) is 0 Å². The molecule has 2 aliphatic heterocycles. The molecule has 1 unspecified atom stereocenters. The van der Waals surface area contributed by atoms with Crippen molar-refractivity contribution in [2.45, 2.75) is 117 Å². The summed E-state index contributed by atoms with van der Waals surface area (Å²) in [5, 5.41) is 33.1. The second-order valence-electron chi connectivity index (χ2n) is 17.1. The van der Waals surface area contributed by atoms with Gasteiger partial charge in [-0.1, -0.05) is 68.8 Å². The van der Waals surface area contributed by atoms with Crippen LogP contribution in [0.15, 0.2) is 53.6 Å². The average Bonchev–Trinajstić information content (AvgIpc) is 3.40. The maximum absolute atomic E-state index is 12.4. The Kier molecular flexibility index (Phi) is 6.79. The van der Waals surface area contributed by atoms with Gasteiger partial charge in [-0.05, 0) is 116 Å². The molecule has 0 radical (unpaired) electrons. The van der Waals surface area contributed by atoms with Crippen LogP contribution in [0.5, 0.6) is 0 Å². The fraction of sp³-hybridized carbons (Fsp3) is 0.744. The molecule has 240 valence electrons. The molecule has 44 heavy (non-hydrogen) atoms. The number of hydrogen-bond donors (Lipinski definition) is 3. The van der Waals surface area contributed by atoms with Crippen LogP contribution in [-0.2, 0) is 15.9 Å². The van der Waals surface area contributed by atoms with E-state index in [2.05, 4.69) is 57.2 Å². The molecule has 0 spiro atoms. The normalized spacial score (nSPS) is 52.7. The standard InChI is InChI=1S/C39H54O5/c1-24(21-40)16-28-19-29(34(42)44-28)30-11-15-39-22-38(30,39)14-12-31-35(2)13-10-26-18-27(17-25-8-6-5-7-9-25)43-23-36(26,3)32(35)20-33(41)37(31,39)4/h5-10,16,27-34,40-42H,11-15,17-23H2,1-4H3/b24-16+/t27-,28+,29+,30+,31-,32-,33-,34?,35-,36+,37+,38-,39-/m1/s1. The first kappa shape index (κ1) is 29.9. The summed E-state index contributed by atoms with van der Waals surface area (Å²) in [7, 11) is 0. The number of allylic oxidation sites excluding steroid dienone is 1. The Morgan fingerprint density at radius 3 is 2.59 bits per heavy atom. The largest absolute Gasteiger partial charge is 0.393 e. The second-order valence-corrected chi connectivity index (χ2v) is 17.1. The van der Waals surface area contributed by atoms with Crippen molar-refractivity contribution in [3.63, 3.8) is 0 Å². The van der Waals surface area contributed by atoms with Crippen LogP contribution < -0.4 is 0 Å². The summed E-state index contributed by atoms with van der Waals surface area (Å²) in [5.74, 6) is 1.50. The van der Waals surface area contributed by atoms with E-state index in [9.17, 15) is 15.3 Å². The lowest BCUT2D eigenvalue weighted by atomic mass is 9.37. The number of ether oxygens (including phenoxy) is 2. The van der Waals surface area contributed by atoms with Gasteiger partial charge in [0.25, 0.3) is 0 Å². The van der Waals surface area contributed by atoms with Gasteiger partial charge in [0.1, 0.15) is 0 Å². The van der Waals surface area contributed by atoms with Crippen LogP contribution in [0.2, 0.25) is 0 Å². The van der Waals surface area contributed by atoms with Crippen molar-refractivity contribution in [2.75, 3.05) is 13.2 Å². The van der Waals surface area contributed by atoms with E-state index in [1.807, 2.05) is 13.0 Å². The molecular weight excluding hydrogens is 548 g/mol. The van der Waals surface area contributed by atoms with Gasteiger partial charge in [-0.25, -0.2) is 0 Å². The Morgan fingerprint density at radius 1 is 1.02 bits per heavy atom. The highest BCUT2D eigenvalue weighted by Crippen LogP contribution is 2.91. The number of fused-ring (bicyclic) bond motifs is 5. The first-order valence-corrected chi connectivity index (χ1v) is 17.7. The molecule has 0 aromatic heterocycles. The van der Waals surface area contributed by atoms with E-state index >= 15 is 0 Å². The first-order valence-electron chi connectivity index (χ1n) is 17.7. The topological polar surface area (TPSA) is 79.2 Å². The van der Waals surface area contributed by atoms with Gasteiger partial charge in [0.15, 0.2) is 6.29 Å². The van der Waals surface area contributed by atoms with E-state index in [4.69, 9.17) is 9.47 Å². The summed E-state index contributed by atoms with van der Waals surface area (Å²) < 4.78 is 12.7. The van der Waals surface area contributed by atoms with E-state index in [0.29, 0.717) is 17.8 Å². The van der Waals surface area contributed by atoms with E-state index < -0.39 is 6.29 Å². The maximum Gasteiger partial charge on any atom is 0.158 e. The summed E-state index contributed by atoms with van der Waals surface area (Å²) in [4.78, 5) is 0. The summed E-state index contributed by atoms with van der Waals surface area (Å²) in [5.41, 5.74) is 4.25. The fourth-order valence-electron chi connectivity index (χ4n) is 13.5. The number of rotatable bonds is 5. The van der Waals surface area contributed by atoms with E-state index in [1.54, 1.807) is 5.57 Å². The molecule has 5 aliphatic carbocycles. The van der Waals surface area contributed by atoms with E-state index in [0.717, 1.165) is 50.7 Å². The Bertz CT molecular complexity index is 1360. The molecule has 1 aromatic carbocycles. The van der Waals surface area contributed by atoms with Gasteiger partial charge in [-0.3, -0.25) is 0 Å². The van der Waals surface area contributed by atoms with Crippen LogP contribution in [0.3, 0.4) is 0 Å². The minimum atomic E-state index is -0.735. The van der Waals surface area contributed by atoms with Crippen LogP contribution in [0.4, 0.5) is 0 Å². The van der Waals surface area contributed by atoms with Gasteiger partial charge >= 0.3 is 0 Å². The summed E-state index contributed by atoms with van der Waals surface area (Å²) in [6, 6.07) is 10.7. The molecule has 2 heterocycles. The molecule has 8 rings (SSSR count). The number of aliphatic hydroxyl groups excluding tert-OH is 3. The number of hydrogen-bond acceptors (Lipinski definition) is 5. The Labute approximate surface area is 264 Å². The van der Waals surface area contributed by atoms with Crippen LogP contribution >= 0.6 is 0 Å². The van der Waals surface area contributed by atoms with E-state index in [-0.39, 0.29) is 57.9 Å².